The molecule has 5 heteroatoms. The first-order valence-corrected chi connectivity index (χ1v) is 6.46. The third-order valence-corrected chi connectivity index (χ3v) is 2.68. The molecule has 1 saturated heterocycles. The van der Waals surface area contributed by atoms with Gasteiger partial charge in [0.25, 0.3) is 0 Å². The molecule has 18 heavy (non-hydrogen) atoms. The SMILES string of the molecule is COC(=O)C(CC(C)C)N=CCCC1OCCO1. The summed E-state index contributed by atoms with van der Waals surface area (Å²) < 4.78 is 15.4. The molecule has 1 unspecified atom stereocenters. The molecule has 0 bridgehead atoms. The molecule has 0 aromatic carbocycles. The summed E-state index contributed by atoms with van der Waals surface area (Å²) in [6.07, 6.45) is 3.89. The summed E-state index contributed by atoms with van der Waals surface area (Å²) in [5.41, 5.74) is 0. The summed E-state index contributed by atoms with van der Waals surface area (Å²) in [6, 6.07) is -0.389. The molecule has 0 aliphatic carbocycles. The van der Waals surface area contributed by atoms with Crippen molar-refractivity contribution in [2.45, 2.75) is 45.4 Å². The minimum atomic E-state index is -0.389. The normalized spacial score (nSPS) is 18.7. The summed E-state index contributed by atoms with van der Waals surface area (Å²) in [7, 11) is 1.39. The van der Waals surface area contributed by atoms with E-state index in [1.165, 1.54) is 7.11 Å². The van der Waals surface area contributed by atoms with Crippen LogP contribution >= 0.6 is 0 Å². The van der Waals surface area contributed by atoms with Gasteiger partial charge in [-0.3, -0.25) is 4.99 Å². The number of methoxy groups -OCH3 is 1. The van der Waals surface area contributed by atoms with Crippen molar-refractivity contribution in [1.82, 2.24) is 0 Å². The molecular weight excluding hydrogens is 234 g/mol. The van der Waals surface area contributed by atoms with E-state index in [0.29, 0.717) is 25.6 Å². The highest BCUT2D eigenvalue weighted by atomic mass is 16.7. The predicted octanol–water partition coefficient (Wildman–Crippen LogP) is 1.80. The minimum absolute atomic E-state index is 0.113. The van der Waals surface area contributed by atoms with Crippen LogP contribution in [0.25, 0.3) is 0 Å². The lowest BCUT2D eigenvalue weighted by Crippen LogP contribution is -2.22. The van der Waals surface area contributed by atoms with Crippen LogP contribution in [0, 0.1) is 5.92 Å². The molecule has 0 aromatic rings. The van der Waals surface area contributed by atoms with Gasteiger partial charge in [-0.1, -0.05) is 13.8 Å². The lowest BCUT2D eigenvalue weighted by atomic mass is 10.0. The largest absolute Gasteiger partial charge is 0.467 e. The van der Waals surface area contributed by atoms with E-state index in [2.05, 4.69) is 18.8 Å². The van der Waals surface area contributed by atoms with E-state index in [1.54, 1.807) is 6.21 Å². The Morgan fingerprint density at radius 1 is 1.44 bits per heavy atom. The van der Waals surface area contributed by atoms with Gasteiger partial charge in [0.05, 0.1) is 20.3 Å². The van der Waals surface area contributed by atoms with Gasteiger partial charge >= 0.3 is 5.97 Å². The molecule has 104 valence electrons. The predicted molar refractivity (Wildman–Crippen MR) is 68.7 cm³/mol. The molecule has 1 aliphatic rings. The first-order valence-electron chi connectivity index (χ1n) is 6.46. The lowest BCUT2D eigenvalue weighted by Gasteiger charge is -2.12. The number of rotatable bonds is 7. The zero-order chi connectivity index (χ0) is 13.4. The summed E-state index contributed by atoms with van der Waals surface area (Å²) in [4.78, 5) is 15.8. The monoisotopic (exact) mass is 257 g/mol. The molecule has 1 aliphatic heterocycles. The van der Waals surface area contributed by atoms with Gasteiger partial charge in [-0.2, -0.15) is 0 Å². The van der Waals surface area contributed by atoms with Crippen molar-refractivity contribution in [2.75, 3.05) is 20.3 Å². The highest BCUT2D eigenvalue weighted by Crippen LogP contribution is 2.11. The van der Waals surface area contributed by atoms with E-state index in [9.17, 15) is 4.79 Å². The van der Waals surface area contributed by atoms with Crippen LogP contribution in [0.1, 0.15) is 33.1 Å². The van der Waals surface area contributed by atoms with Crippen LogP contribution in [0.15, 0.2) is 4.99 Å². The van der Waals surface area contributed by atoms with Crippen molar-refractivity contribution in [2.24, 2.45) is 10.9 Å². The topological polar surface area (TPSA) is 57.1 Å². The van der Waals surface area contributed by atoms with Crippen molar-refractivity contribution in [3.05, 3.63) is 0 Å². The Morgan fingerprint density at radius 3 is 2.67 bits per heavy atom. The second-order valence-electron chi connectivity index (χ2n) is 4.75. The Hall–Kier alpha value is -0.940. The van der Waals surface area contributed by atoms with Gasteiger partial charge < -0.3 is 14.2 Å². The summed E-state index contributed by atoms with van der Waals surface area (Å²) in [5.74, 6) is 0.140. The van der Waals surface area contributed by atoms with Crippen LogP contribution in [0.5, 0.6) is 0 Å². The van der Waals surface area contributed by atoms with Crippen LogP contribution in [-0.2, 0) is 19.0 Å². The third kappa shape index (κ3) is 5.60. The van der Waals surface area contributed by atoms with Gasteiger partial charge in [0, 0.05) is 6.42 Å². The maximum Gasteiger partial charge on any atom is 0.330 e. The van der Waals surface area contributed by atoms with Gasteiger partial charge in [0.2, 0.25) is 0 Å². The van der Waals surface area contributed by atoms with Crippen LogP contribution in [-0.4, -0.2) is 44.8 Å². The molecule has 0 saturated carbocycles. The molecule has 1 heterocycles. The number of ether oxygens (including phenoxy) is 3. The fraction of sp³-hybridized carbons (Fsp3) is 0.846. The first kappa shape index (κ1) is 15.1. The second kappa shape index (κ2) is 8.21. The quantitative estimate of drug-likeness (QED) is 0.515. The number of carbonyl (C=O) groups is 1. The number of nitrogens with zero attached hydrogens (tertiary/aromatic N) is 1. The average molecular weight is 257 g/mol. The van der Waals surface area contributed by atoms with Crippen LogP contribution in [0.4, 0.5) is 0 Å². The Bertz CT molecular complexity index is 272. The summed E-state index contributed by atoms with van der Waals surface area (Å²) >= 11 is 0. The van der Waals surface area contributed by atoms with E-state index in [1.807, 2.05) is 0 Å². The van der Waals surface area contributed by atoms with Gasteiger partial charge in [-0.15, -0.1) is 0 Å². The van der Waals surface area contributed by atoms with Gasteiger partial charge in [-0.25, -0.2) is 4.79 Å². The molecule has 0 radical (unpaired) electrons. The van der Waals surface area contributed by atoms with Crippen LogP contribution in [0.2, 0.25) is 0 Å². The van der Waals surface area contributed by atoms with Crippen molar-refractivity contribution in [1.29, 1.82) is 0 Å². The zero-order valence-corrected chi connectivity index (χ0v) is 11.4. The maximum atomic E-state index is 11.5. The molecular formula is C13H23NO4. The minimum Gasteiger partial charge on any atom is -0.467 e. The highest BCUT2D eigenvalue weighted by molar-refractivity contribution is 5.77. The van der Waals surface area contributed by atoms with Crippen LogP contribution in [0.3, 0.4) is 0 Å². The van der Waals surface area contributed by atoms with Gasteiger partial charge in [0.1, 0.15) is 6.04 Å². The molecule has 0 aromatic heterocycles. The smallest absolute Gasteiger partial charge is 0.330 e. The van der Waals surface area contributed by atoms with E-state index in [-0.39, 0.29) is 18.3 Å². The number of hydrogen-bond acceptors (Lipinski definition) is 5. The average Bonchev–Trinajstić information content (AvgIpc) is 2.84. The molecule has 0 N–H and O–H groups in total. The number of aliphatic imine (C=N–C) groups is 1. The van der Waals surface area contributed by atoms with Crippen molar-refractivity contribution in [3.8, 4) is 0 Å². The molecule has 1 fully saturated rings. The maximum absolute atomic E-state index is 11.5. The molecule has 0 spiro atoms. The van der Waals surface area contributed by atoms with Gasteiger partial charge in [0.15, 0.2) is 6.29 Å². The van der Waals surface area contributed by atoms with Crippen molar-refractivity contribution >= 4 is 12.2 Å². The Labute approximate surface area is 109 Å². The molecule has 5 nitrogen and oxygen atoms in total. The number of esters is 1. The molecule has 1 atom stereocenters. The first-order chi connectivity index (χ1) is 8.63. The van der Waals surface area contributed by atoms with E-state index < -0.39 is 0 Å². The molecule has 1 rings (SSSR count). The fourth-order valence-corrected chi connectivity index (χ4v) is 1.79. The van der Waals surface area contributed by atoms with Crippen LogP contribution < -0.4 is 0 Å². The Kier molecular flexibility index (Phi) is 6.90. The second-order valence-corrected chi connectivity index (χ2v) is 4.75. The lowest BCUT2D eigenvalue weighted by molar-refractivity contribution is -0.142. The fourth-order valence-electron chi connectivity index (χ4n) is 1.79. The summed E-state index contributed by atoms with van der Waals surface area (Å²) in [6.45, 7) is 5.46. The Balaban J connectivity index is 2.31. The van der Waals surface area contributed by atoms with Gasteiger partial charge in [-0.05, 0) is 25.0 Å². The van der Waals surface area contributed by atoms with E-state index in [0.717, 1.165) is 12.8 Å². The number of hydrogen-bond donors (Lipinski definition) is 0. The number of carbonyl (C=O) groups excluding carboxylic acids is 1. The third-order valence-electron chi connectivity index (χ3n) is 2.68. The zero-order valence-electron chi connectivity index (χ0n) is 11.4. The molecule has 0 amide bonds. The Morgan fingerprint density at radius 2 is 2.11 bits per heavy atom. The summed E-state index contributed by atoms with van der Waals surface area (Å²) in [5, 5.41) is 0. The standard InChI is InChI=1S/C13H23NO4/c1-10(2)9-11(13(15)16-3)14-6-4-5-12-17-7-8-18-12/h6,10-12H,4-5,7-9H2,1-3H3. The van der Waals surface area contributed by atoms with E-state index >= 15 is 0 Å². The highest BCUT2D eigenvalue weighted by Gasteiger charge is 2.19. The van der Waals surface area contributed by atoms with Crippen molar-refractivity contribution < 1.29 is 19.0 Å². The van der Waals surface area contributed by atoms with E-state index in [4.69, 9.17) is 14.2 Å². The van der Waals surface area contributed by atoms with Crippen molar-refractivity contribution in [3.63, 3.8) is 0 Å².